The minimum Gasteiger partial charge on any atom is -0.494 e. The molecule has 2 saturated heterocycles. The average Bonchev–Trinajstić information content (AvgIpc) is 3.73. The van der Waals surface area contributed by atoms with Crippen molar-refractivity contribution in [2.24, 2.45) is 5.41 Å². The van der Waals surface area contributed by atoms with Gasteiger partial charge in [0.15, 0.2) is 0 Å². The molecule has 8 heteroatoms. The molecule has 8 nitrogen and oxygen atoms in total. The summed E-state index contributed by atoms with van der Waals surface area (Å²) >= 11 is 0. The summed E-state index contributed by atoms with van der Waals surface area (Å²) in [6.07, 6.45) is 4.60. The molecular weight excluding hydrogens is 520 g/mol. The fourth-order valence-corrected chi connectivity index (χ4v) is 6.08. The van der Waals surface area contributed by atoms with Gasteiger partial charge in [0.05, 0.1) is 24.8 Å². The van der Waals surface area contributed by atoms with Gasteiger partial charge >= 0.3 is 11.9 Å². The predicted octanol–water partition coefficient (Wildman–Crippen LogP) is 5.72. The highest BCUT2D eigenvalue weighted by molar-refractivity contribution is 5.97. The van der Waals surface area contributed by atoms with E-state index in [1.165, 1.54) is 7.11 Å². The van der Waals surface area contributed by atoms with Gasteiger partial charge in [0, 0.05) is 30.8 Å². The monoisotopic (exact) mass is 562 g/mol. The zero-order valence-corrected chi connectivity index (χ0v) is 25.0. The quantitative estimate of drug-likeness (QED) is 0.380. The molecule has 1 amide bonds. The van der Waals surface area contributed by atoms with Crippen molar-refractivity contribution in [2.45, 2.75) is 77.9 Å². The van der Waals surface area contributed by atoms with Crippen LogP contribution in [-0.2, 0) is 20.8 Å². The number of piperidine rings is 1. The number of hydrogen-bond donors (Lipinski definition) is 0. The maximum Gasteiger partial charge on any atom is 0.338 e. The Morgan fingerprint density at radius 3 is 2.29 bits per heavy atom. The van der Waals surface area contributed by atoms with Crippen LogP contribution in [0.2, 0.25) is 0 Å². The van der Waals surface area contributed by atoms with E-state index in [0.29, 0.717) is 36.6 Å². The van der Waals surface area contributed by atoms with Crippen molar-refractivity contribution < 1.29 is 28.6 Å². The van der Waals surface area contributed by atoms with Gasteiger partial charge < -0.3 is 19.1 Å². The molecule has 1 saturated carbocycles. The summed E-state index contributed by atoms with van der Waals surface area (Å²) in [4.78, 5) is 42.3. The van der Waals surface area contributed by atoms with Crippen molar-refractivity contribution in [3.8, 4) is 5.75 Å². The van der Waals surface area contributed by atoms with E-state index in [2.05, 4.69) is 11.0 Å². The van der Waals surface area contributed by atoms with Crippen molar-refractivity contribution in [2.75, 3.05) is 38.3 Å². The molecule has 0 radical (unpaired) electrons. The number of methoxy groups -OCH3 is 1. The van der Waals surface area contributed by atoms with E-state index in [0.717, 1.165) is 67.9 Å². The topological polar surface area (TPSA) is 85.4 Å². The molecule has 2 aromatic rings. The average molecular weight is 563 g/mol. The smallest absolute Gasteiger partial charge is 0.338 e. The number of carbonyl (C=O) groups is 3. The first-order valence-corrected chi connectivity index (χ1v) is 14.7. The predicted molar refractivity (Wildman–Crippen MR) is 156 cm³/mol. The molecule has 0 unspecified atom stereocenters. The van der Waals surface area contributed by atoms with Crippen LogP contribution in [0.3, 0.4) is 0 Å². The second-order valence-electron chi connectivity index (χ2n) is 12.7. The van der Waals surface area contributed by atoms with Crippen LogP contribution < -0.4 is 9.64 Å². The summed E-state index contributed by atoms with van der Waals surface area (Å²) in [6.45, 7) is 11.2. The third-order valence-corrected chi connectivity index (χ3v) is 8.40. The zero-order chi connectivity index (χ0) is 29.4. The number of likely N-dealkylation sites (tertiary alicyclic amines) is 1. The Labute approximate surface area is 242 Å². The molecule has 3 fully saturated rings. The summed E-state index contributed by atoms with van der Waals surface area (Å²) in [5, 5.41) is 0. The minimum atomic E-state index is -0.557. The van der Waals surface area contributed by atoms with Gasteiger partial charge in [0.1, 0.15) is 11.4 Å². The number of carbonyl (C=O) groups excluding carboxylic acids is 3. The van der Waals surface area contributed by atoms with E-state index in [1.807, 2.05) is 50.8 Å². The van der Waals surface area contributed by atoms with Crippen LogP contribution in [0.4, 0.5) is 5.69 Å². The lowest BCUT2D eigenvalue weighted by molar-refractivity contribution is -0.118. The Kier molecular flexibility index (Phi) is 8.15. The van der Waals surface area contributed by atoms with Gasteiger partial charge in [-0.15, -0.1) is 0 Å². The Bertz CT molecular complexity index is 1300. The molecule has 0 aromatic heterocycles. The van der Waals surface area contributed by atoms with E-state index in [9.17, 15) is 14.4 Å². The Morgan fingerprint density at radius 2 is 1.71 bits per heavy atom. The van der Waals surface area contributed by atoms with Crippen LogP contribution in [-0.4, -0.2) is 61.7 Å². The second kappa shape index (κ2) is 11.5. The van der Waals surface area contributed by atoms with E-state index >= 15 is 0 Å². The summed E-state index contributed by atoms with van der Waals surface area (Å²) in [5.74, 6) is 0.618. The van der Waals surface area contributed by atoms with Crippen LogP contribution in [0.5, 0.6) is 5.75 Å². The number of anilines is 1. The van der Waals surface area contributed by atoms with Crippen molar-refractivity contribution >= 4 is 23.5 Å². The largest absolute Gasteiger partial charge is 0.494 e. The molecule has 3 aliphatic rings. The third-order valence-electron chi connectivity index (χ3n) is 8.40. The Balaban J connectivity index is 1.24. The summed E-state index contributed by atoms with van der Waals surface area (Å²) < 4.78 is 16.5. The second-order valence-corrected chi connectivity index (χ2v) is 12.7. The van der Waals surface area contributed by atoms with E-state index < -0.39 is 5.60 Å². The van der Waals surface area contributed by atoms with E-state index in [4.69, 9.17) is 14.2 Å². The fourth-order valence-electron chi connectivity index (χ4n) is 6.08. The van der Waals surface area contributed by atoms with Gasteiger partial charge in [0.25, 0.3) is 0 Å². The number of hydrogen-bond acceptors (Lipinski definition) is 7. The lowest BCUT2D eigenvalue weighted by Crippen LogP contribution is -2.41. The highest BCUT2D eigenvalue weighted by atomic mass is 16.6. The van der Waals surface area contributed by atoms with Gasteiger partial charge in [-0.25, -0.2) is 9.59 Å². The lowest BCUT2D eigenvalue weighted by atomic mass is 9.77. The van der Waals surface area contributed by atoms with Gasteiger partial charge in [-0.1, -0.05) is 0 Å². The maximum atomic E-state index is 13.1. The van der Waals surface area contributed by atoms with Gasteiger partial charge in [-0.05, 0) is 120 Å². The molecule has 2 aromatic carbocycles. The first-order chi connectivity index (χ1) is 19.5. The maximum absolute atomic E-state index is 13.1. The van der Waals surface area contributed by atoms with Crippen LogP contribution in [0.15, 0.2) is 36.4 Å². The molecule has 1 spiro atoms. The van der Waals surface area contributed by atoms with E-state index in [1.54, 1.807) is 12.1 Å². The highest BCUT2D eigenvalue weighted by Gasteiger charge is 2.45. The normalized spacial score (nSPS) is 19.0. The van der Waals surface area contributed by atoms with Gasteiger partial charge in [-0.2, -0.15) is 0 Å². The van der Waals surface area contributed by atoms with Crippen molar-refractivity contribution in [3.63, 3.8) is 0 Å². The SMILES string of the molecule is CCOc1cc(C(=O)OC)c(C2CC2)cc1CN1CCC2(CC1)CC(=O)N(c1ccc(C(=O)OC(C)(C)C)cc1)C2. The van der Waals surface area contributed by atoms with Crippen molar-refractivity contribution in [1.82, 2.24) is 4.90 Å². The Hall–Kier alpha value is -3.39. The standard InChI is InChI=1S/C33H42N2O6/c1-6-40-28-18-27(31(38)39-5)26(22-7-8-22)17-24(28)20-34-15-13-33(14-16-34)19-29(36)35(21-33)25-11-9-23(10-12-25)30(37)41-32(2,3)4/h9-12,17-18,22H,6-8,13-16,19-21H2,1-5H3. The number of amides is 1. The zero-order valence-electron chi connectivity index (χ0n) is 25.0. The van der Waals surface area contributed by atoms with E-state index in [-0.39, 0.29) is 23.3 Å². The van der Waals surface area contributed by atoms with Gasteiger partial charge in [-0.3, -0.25) is 9.69 Å². The van der Waals surface area contributed by atoms with Crippen LogP contribution >= 0.6 is 0 Å². The third kappa shape index (κ3) is 6.58. The number of ether oxygens (including phenoxy) is 3. The number of rotatable bonds is 8. The molecule has 1 aliphatic carbocycles. The molecule has 2 heterocycles. The van der Waals surface area contributed by atoms with Crippen molar-refractivity contribution in [1.29, 1.82) is 0 Å². The highest BCUT2D eigenvalue weighted by Crippen LogP contribution is 2.45. The minimum absolute atomic E-state index is 0.0475. The molecule has 41 heavy (non-hydrogen) atoms. The molecule has 220 valence electrons. The summed E-state index contributed by atoms with van der Waals surface area (Å²) in [7, 11) is 1.42. The number of nitrogens with zero attached hydrogens (tertiary/aromatic N) is 2. The molecule has 5 rings (SSSR count). The first kappa shape index (κ1) is 29.1. The Morgan fingerprint density at radius 1 is 1.02 bits per heavy atom. The molecular formula is C33H42N2O6. The molecule has 0 bridgehead atoms. The van der Waals surface area contributed by atoms with Crippen molar-refractivity contribution in [3.05, 3.63) is 58.7 Å². The number of esters is 2. The summed E-state index contributed by atoms with van der Waals surface area (Å²) in [6, 6.07) is 11.2. The fraction of sp³-hybridized carbons (Fsp3) is 0.545. The number of benzene rings is 2. The van der Waals surface area contributed by atoms with Crippen LogP contribution in [0, 0.1) is 5.41 Å². The molecule has 0 N–H and O–H groups in total. The summed E-state index contributed by atoms with van der Waals surface area (Å²) in [5.41, 5.74) is 3.48. The molecule has 0 atom stereocenters. The lowest BCUT2D eigenvalue weighted by Gasteiger charge is -2.39. The van der Waals surface area contributed by atoms with Crippen LogP contribution in [0.1, 0.15) is 97.6 Å². The first-order valence-electron chi connectivity index (χ1n) is 14.7. The molecule has 2 aliphatic heterocycles. The van der Waals surface area contributed by atoms with Crippen LogP contribution in [0.25, 0.3) is 0 Å². The van der Waals surface area contributed by atoms with Gasteiger partial charge in [0.2, 0.25) is 5.91 Å².